The van der Waals surface area contributed by atoms with Crippen molar-refractivity contribution < 1.29 is 14.3 Å². The zero-order chi connectivity index (χ0) is 17.5. The van der Waals surface area contributed by atoms with Gasteiger partial charge in [0.1, 0.15) is 5.75 Å². The highest BCUT2D eigenvalue weighted by atomic mass is 16.5. The van der Waals surface area contributed by atoms with Crippen LogP contribution in [-0.4, -0.2) is 43.0 Å². The topological polar surface area (TPSA) is 58.6 Å². The van der Waals surface area contributed by atoms with Gasteiger partial charge in [-0.25, -0.2) is 0 Å². The number of rotatable bonds is 6. The van der Waals surface area contributed by atoms with Crippen LogP contribution in [0.4, 0.5) is 0 Å². The van der Waals surface area contributed by atoms with Crippen molar-refractivity contribution in [3.8, 4) is 5.75 Å². The van der Waals surface area contributed by atoms with Crippen LogP contribution in [0.2, 0.25) is 0 Å². The molecule has 2 amide bonds. The van der Waals surface area contributed by atoms with Gasteiger partial charge in [-0.1, -0.05) is 12.1 Å². The number of piperidine rings is 1. The van der Waals surface area contributed by atoms with E-state index in [9.17, 15) is 9.59 Å². The van der Waals surface area contributed by atoms with Crippen molar-refractivity contribution in [3.63, 3.8) is 0 Å². The Morgan fingerprint density at radius 2 is 2.00 bits per heavy atom. The van der Waals surface area contributed by atoms with Gasteiger partial charge < -0.3 is 15.0 Å². The van der Waals surface area contributed by atoms with Crippen LogP contribution in [0.1, 0.15) is 37.8 Å². The Balaban J connectivity index is 1.75. The average Bonchev–Trinajstić information content (AvgIpc) is 2.57. The third kappa shape index (κ3) is 4.98. The molecule has 0 aliphatic carbocycles. The summed E-state index contributed by atoms with van der Waals surface area (Å²) in [5.74, 6) is 1.16. The van der Waals surface area contributed by atoms with Gasteiger partial charge in [-0.15, -0.1) is 0 Å². The molecule has 5 heteroatoms. The molecule has 0 saturated carbocycles. The summed E-state index contributed by atoms with van der Waals surface area (Å²) in [4.78, 5) is 25.4. The molecule has 1 N–H and O–H groups in total. The number of carbonyl (C=O) groups is 2. The van der Waals surface area contributed by atoms with Crippen molar-refractivity contribution in [1.29, 1.82) is 0 Å². The summed E-state index contributed by atoms with van der Waals surface area (Å²) >= 11 is 0. The predicted octanol–water partition coefficient (Wildman–Crippen LogP) is 2.31. The maximum absolute atomic E-state index is 12.2. The second-order valence-electron chi connectivity index (χ2n) is 6.35. The molecule has 0 spiro atoms. The highest BCUT2D eigenvalue weighted by Crippen LogP contribution is 2.20. The van der Waals surface area contributed by atoms with Gasteiger partial charge in [0.15, 0.2) is 0 Å². The van der Waals surface area contributed by atoms with E-state index in [1.165, 1.54) is 5.56 Å². The number of carbonyl (C=O) groups excluding carboxylic acids is 2. The highest BCUT2D eigenvalue weighted by Gasteiger charge is 2.25. The van der Waals surface area contributed by atoms with Gasteiger partial charge in [-0.05, 0) is 50.3 Å². The van der Waals surface area contributed by atoms with Crippen LogP contribution in [0.5, 0.6) is 5.75 Å². The lowest BCUT2D eigenvalue weighted by molar-refractivity contribution is -0.133. The first kappa shape index (κ1) is 18.3. The Hall–Kier alpha value is -2.04. The summed E-state index contributed by atoms with van der Waals surface area (Å²) in [5, 5.41) is 3.03. The molecule has 2 rings (SSSR count). The first-order valence-electron chi connectivity index (χ1n) is 8.76. The lowest BCUT2D eigenvalue weighted by Gasteiger charge is -2.30. The van der Waals surface area contributed by atoms with E-state index in [-0.39, 0.29) is 17.7 Å². The number of amides is 2. The molecule has 5 nitrogen and oxygen atoms in total. The second kappa shape index (κ2) is 8.71. The van der Waals surface area contributed by atoms with Crippen molar-refractivity contribution in [2.24, 2.45) is 5.92 Å². The van der Waals surface area contributed by atoms with E-state index in [0.717, 1.165) is 30.6 Å². The number of likely N-dealkylation sites (tertiary alicyclic amines) is 1. The molecule has 132 valence electrons. The average molecular weight is 332 g/mol. The first-order chi connectivity index (χ1) is 11.5. The van der Waals surface area contributed by atoms with E-state index < -0.39 is 0 Å². The Labute approximate surface area is 144 Å². The molecule has 1 aromatic carbocycles. The summed E-state index contributed by atoms with van der Waals surface area (Å²) in [5.41, 5.74) is 2.32. The Morgan fingerprint density at radius 1 is 1.29 bits per heavy atom. The fraction of sp³-hybridized carbons (Fsp3) is 0.579. The highest BCUT2D eigenvalue weighted by molar-refractivity contribution is 5.79. The molecule has 0 unspecified atom stereocenters. The van der Waals surface area contributed by atoms with Crippen molar-refractivity contribution >= 4 is 11.8 Å². The van der Waals surface area contributed by atoms with Crippen molar-refractivity contribution in [3.05, 3.63) is 29.3 Å². The summed E-state index contributed by atoms with van der Waals surface area (Å²) in [6.07, 6.45) is 2.33. The van der Waals surface area contributed by atoms with E-state index in [4.69, 9.17) is 4.74 Å². The summed E-state index contributed by atoms with van der Waals surface area (Å²) in [6.45, 7) is 8.27. The van der Waals surface area contributed by atoms with Crippen LogP contribution in [-0.2, 0) is 16.0 Å². The van der Waals surface area contributed by atoms with E-state index in [0.29, 0.717) is 26.2 Å². The number of hydrogen-bond donors (Lipinski definition) is 1. The van der Waals surface area contributed by atoms with Gasteiger partial charge >= 0.3 is 0 Å². The molecule has 24 heavy (non-hydrogen) atoms. The Morgan fingerprint density at radius 3 is 2.58 bits per heavy atom. The SMILES string of the molecule is CCOc1ccc(CCNC(=O)C2CCN(C(C)=O)CC2)cc1C. The number of ether oxygens (including phenoxy) is 1. The number of nitrogens with one attached hydrogen (secondary N) is 1. The van der Waals surface area contributed by atoms with Gasteiger partial charge in [-0.2, -0.15) is 0 Å². The van der Waals surface area contributed by atoms with E-state index >= 15 is 0 Å². The Kier molecular flexibility index (Phi) is 6.64. The maximum atomic E-state index is 12.2. The standard InChI is InChI=1S/C19H28N2O3/c1-4-24-18-6-5-16(13-14(18)2)7-10-20-19(23)17-8-11-21(12-9-17)15(3)22/h5-6,13,17H,4,7-12H2,1-3H3,(H,20,23). The fourth-order valence-corrected chi connectivity index (χ4v) is 3.12. The van der Waals surface area contributed by atoms with E-state index in [2.05, 4.69) is 17.4 Å². The molecule has 0 radical (unpaired) electrons. The van der Waals surface area contributed by atoms with Crippen LogP contribution in [0.15, 0.2) is 18.2 Å². The normalized spacial score (nSPS) is 15.2. The van der Waals surface area contributed by atoms with Gasteiger partial charge in [0, 0.05) is 32.5 Å². The monoisotopic (exact) mass is 332 g/mol. The molecule has 1 fully saturated rings. The minimum atomic E-state index is 0.0302. The van der Waals surface area contributed by atoms with E-state index in [1.807, 2.05) is 24.8 Å². The van der Waals surface area contributed by atoms with Gasteiger partial charge in [-0.3, -0.25) is 9.59 Å². The largest absolute Gasteiger partial charge is 0.494 e. The first-order valence-corrected chi connectivity index (χ1v) is 8.76. The number of aryl methyl sites for hydroxylation is 1. The Bertz CT molecular complexity index is 578. The van der Waals surface area contributed by atoms with E-state index in [1.54, 1.807) is 6.92 Å². The van der Waals surface area contributed by atoms with Crippen molar-refractivity contribution in [2.75, 3.05) is 26.2 Å². The van der Waals surface area contributed by atoms with Crippen LogP contribution in [0, 0.1) is 12.8 Å². The van der Waals surface area contributed by atoms with Crippen LogP contribution in [0.3, 0.4) is 0 Å². The summed E-state index contributed by atoms with van der Waals surface area (Å²) < 4.78 is 5.54. The van der Waals surface area contributed by atoms with Crippen LogP contribution < -0.4 is 10.1 Å². The minimum absolute atomic E-state index is 0.0302. The molecular weight excluding hydrogens is 304 g/mol. The molecule has 0 aromatic heterocycles. The lowest BCUT2D eigenvalue weighted by Crippen LogP contribution is -2.42. The third-order valence-corrected chi connectivity index (χ3v) is 4.56. The molecule has 1 saturated heterocycles. The molecule has 1 heterocycles. The number of nitrogens with zero attached hydrogens (tertiary/aromatic N) is 1. The molecule has 0 atom stereocenters. The van der Waals surface area contributed by atoms with Gasteiger partial charge in [0.2, 0.25) is 11.8 Å². The second-order valence-corrected chi connectivity index (χ2v) is 6.35. The minimum Gasteiger partial charge on any atom is -0.494 e. The van der Waals surface area contributed by atoms with Crippen molar-refractivity contribution in [2.45, 2.75) is 40.0 Å². The quantitative estimate of drug-likeness (QED) is 0.870. The zero-order valence-electron chi connectivity index (χ0n) is 14.9. The molecular formula is C19H28N2O3. The molecule has 0 bridgehead atoms. The number of benzene rings is 1. The van der Waals surface area contributed by atoms with Gasteiger partial charge in [0.25, 0.3) is 0 Å². The summed E-state index contributed by atoms with van der Waals surface area (Å²) in [6, 6.07) is 6.16. The molecule has 1 aliphatic rings. The fourth-order valence-electron chi connectivity index (χ4n) is 3.12. The molecule has 1 aromatic rings. The van der Waals surface area contributed by atoms with Crippen molar-refractivity contribution in [1.82, 2.24) is 10.2 Å². The third-order valence-electron chi connectivity index (χ3n) is 4.56. The zero-order valence-corrected chi connectivity index (χ0v) is 14.9. The smallest absolute Gasteiger partial charge is 0.223 e. The van der Waals surface area contributed by atoms with Crippen LogP contribution in [0.25, 0.3) is 0 Å². The predicted molar refractivity (Wildman–Crippen MR) is 94.0 cm³/mol. The van der Waals surface area contributed by atoms with Gasteiger partial charge in [0.05, 0.1) is 6.61 Å². The maximum Gasteiger partial charge on any atom is 0.223 e. The molecule has 1 aliphatic heterocycles. The summed E-state index contributed by atoms with van der Waals surface area (Å²) in [7, 11) is 0. The van der Waals surface area contributed by atoms with Crippen LogP contribution >= 0.6 is 0 Å². The lowest BCUT2D eigenvalue weighted by atomic mass is 9.96. The number of hydrogen-bond acceptors (Lipinski definition) is 3.